The van der Waals surface area contributed by atoms with Crippen molar-refractivity contribution in [1.82, 2.24) is 5.32 Å². The molecule has 8 heteroatoms. The Balaban J connectivity index is 2.28. The molecule has 1 atom stereocenters. The Bertz CT molecular complexity index is 938. The van der Waals surface area contributed by atoms with Crippen LogP contribution >= 0.6 is 0 Å². The smallest absolute Gasteiger partial charge is 0.414 e. The Hall–Kier alpha value is -3.65. The number of ether oxygens (including phenoxy) is 2. The van der Waals surface area contributed by atoms with Crippen LogP contribution in [0.15, 0.2) is 66.7 Å². The number of benzene rings is 2. The van der Waals surface area contributed by atoms with E-state index in [4.69, 9.17) is 19.7 Å². The summed E-state index contributed by atoms with van der Waals surface area (Å²) in [6.07, 6.45) is 0.463. The SMILES string of the molecule is CC(C)(/C=C/C(=O)O)[C@H](OC(=O)NC(=O)c1ccccc1)c1cccc(OCCO)c1. The maximum absolute atomic E-state index is 12.5. The molecule has 0 bridgehead atoms. The first-order valence-corrected chi connectivity index (χ1v) is 9.55. The number of rotatable bonds is 9. The molecule has 31 heavy (non-hydrogen) atoms. The van der Waals surface area contributed by atoms with E-state index in [0.29, 0.717) is 16.9 Å². The second-order valence-electron chi connectivity index (χ2n) is 7.24. The van der Waals surface area contributed by atoms with Crippen LogP contribution in [-0.4, -0.2) is 41.4 Å². The summed E-state index contributed by atoms with van der Waals surface area (Å²) in [5, 5.41) is 20.1. The highest BCUT2D eigenvalue weighted by molar-refractivity contribution is 6.02. The van der Waals surface area contributed by atoms with Crippen molar-refractivity contribution in [3.05, 3.63) is 77.9 Å². The van der Waals surface area contributed by atoms with E-state index < -0.39 is 29.5 Å². The lowest BCUT2D eigenvalue weighted by molar-refractivity contribution is -0.131. The zero-order chi connectivity index (χ0) is 22.9. The highest BCUT2D eigenvalue weighted by Crippen LogP contribution is 2.39. The Labute approximate surface area is 180 Å². The van der Waals surface area contributed by atoms with Gasteiger partial charge in [-0.2, -0.15) is 0 Å². The minimum absolute atomic E-state index is 0.0867. The van der Waals surface area contributed by atoms with Crippen molar-refractivity contribution in [3.63, 3.8) is 0 Å². The Morgan fingerprint density at radius 1 is 1.10 bits per heavy atom. The van der Waals surface area contributed by atoms with Crippen LogP contribution in [0.5, 0.6) is 5.75 Å². The predicted octanol–water partition coefficient (Wildman–Crippen LogP) is 3.33. The molecule has 0 saturated heterocycles. The Kier molecular flexibility index (Phi) is 8.33. The van der Waals surface area contributed by atoms with Crippen LogP contribution in [0.3, 0.4) is 0 Å². The minimum Gasteiger partial charge on any atom is -0.491 e. The van der Waals surface area contributed by atoms with E-state index in [1.807, 2.05) is 0 Å². The topological polar surface area (TPSA) is 122 Å². The van der Waals surface area contributed by atoms with Crippen molar-refractivity contribution in [3.8, 4) is 5.75 Å². The summed E-state index contributed by atoms with van der Waals surface area (Å²) in [4.78, 5) is 35.8. The van der Waals surface area contributed by atoms with Crippen molar-refractivity contribution in [2.24, 2.45) is 5.41 Å². The molecule has 2 amide bonds. The molecule has 0 radical (unpaired) electrons. The zero-order valence-corrected chi connectivity index (χ0v) is 17.3. The highest BCUT2D eigenvalue weighted by atomic mass is 16.6. The molecule has 0 spiro atoms. The molecule has 0 aliphatic rings. The average Bonchev–Trinajstić information content (AvgIpc) is 2.75. The van der Waals surface area contributed by atoms with Crippen LogP contribution in [0.2, 0.25) is 0 Å². The van der Waals surface area contributed by atoms with Crippen LogP contribution in [-0.2, 0) is 9.53 Å². The number of hydrogen-bond donors (Lipinski definition) is 3. The first kappa shape index (κ1) is 23.6. The molecule has 3 N–H and O–H groups in total. The summed E-state index contributed by atoms with van der Waals surface area (Å²) < 4.78 is 11.0. The van der Waals surface area contributed by atoms with Gasteiger partial charge in [-0.05, 0) is 29.8 Å². The van der Waals surface area contributed by atoms with Gasteiger partial charge in [-0.1, -0.05) is 50.3 Å². The van der Waals surface area contributed by atoms with Gasteiger partial charge in [0.25, 0.3) is 5.91 Å². The highest BCUT2D eigenvalue weighted by Gasteiger charge is 2.33. The number of nitrogens with one attached hydrogen (secondary N) is 1. The van der Waals surface area contributed by atoms with Crippen LogP contribution in [0.4, 0.5) is 4.79 Å². The third-order valence-corrected chi connectivity index (χ3v) is 4.33. The molecule has 0 aromatic heterocycles. The number of carbonyl (C=O) groups is 3. The third-order valence-electron chi connectivity index (χ3n) is 4.33. The molecule has 2 aromatic carbocycles. The first-order chi connectivity index (χ1) is 14.7. The standard InChI is InChI=1S/C23H25NO7/c1-23(2,12-11-19(26)27)20(17-9-6-10-18(15-17)30-14-13-25)31-22(29)24-21(28)16-7-4-3-5-8-16/h3-12,15,20,25H,13-14H2,1-2H3,(H,26,27)(H,24,28,29)/b12-11+/t20-/m1/s1. The summed E-state index contributed by atoms with van der Waals surface area (Å²) in [7, 11) is 0. The molecule has 0 fully saturated rings. The number of carbonyl (C=O) groups excluding carboxylic acids is 2. The summed E-state index contributed by atoms with van der Waals surface area (Å²) in [6, 6.07) is 14.9. The number of aliphatic hydroxyl groups excluding tert-OH is 1. The van der Waals surface area contributed by atoms with E-state index in [2.05, 4.69) is 5.32 Å². The molecule has 0 aliphatic carbocycles. The lowest BCUT2D eigenvalue weighted by Gasteiger charge is -2.31. The van der Waals surface area contributed by atoms with Gasteiger partial charge in [0.1, 0.15) is 18.5 Å². The molecular weight excluding hydrogens is 402 g/mol. The number of carboxylic acids is 1. The molecule has 0 aliphatic heterocycles. The summed E-state index contributed by atoms with van der Waals surface area (Å²) in [5.41, 5.74) is -0.126. The monoisotopic (exact) mass is 427 g/mol. The Morgan fingerprint density at radius 3 is 2.45 bits per heavy atom. The quantitative estimate of drug-likeness (QED) is 0.525. The molecule has 2 rings (SSSR count). The van der Waals surface area contributed by atoms with E-state index in [1.165, 1.54) is 6.08 Å². The molecule has 0 heterocycles. The molecule has 164 valence electrons. The summed E-state index contributed by atoms with van der Waals surface area (Å²) >= 11 is 0. The fourth-order valence-corrected chi connectivity index (χ4v) is 2.84. The van der Waals surface area contributed by atoms with E-state index in [-0.39, 0.29) is 13.2 Å². The number of alkyl carbamates (subject to hydrolysis) is 1. The van der Waals surface area contributed by atoms with Crippen molar-refractivity contribution in [1.29, 1.82) is 0 Å². The molecule has 2 aromatic rings. The van der Waals surface area contributed by atoms with Crippen LogP contribution in [0.25, 0.3) is 0 Å². The average molecular weight is 427 g/mol. The van der Waals surface area contributed by atoms with E-state index in [9.17, 15) is 14.4 Å². The van der Waals surface area contributed by atoms with Crippen LogP contribution in [0, 0.1) is 5.41 Å². The van der Waals surface area contributed by atoms with Gasteiger partial charge in [0, 0.05) is 17.1 Å². The van der Waals surface area contributed by atoms with E-state index in [1.54, 1.807) is 68.4 Å². The van der Waals surface area contributed by atoms with Gasteiger partial charge in [-0.3, -0.25) is 10.1 Å². The van der Waals surface area contributed by atoms with Gasteiger partial charge in [0.2, 0.25) is 0 Å². The lowest BCUT2D eigenvalue weighted by Crippen LogP contribution is -2.35. The largest absolute Gasteiger partial charge is 0.491 e. The van der Waals surface area contributed by atoms with Gasteiger partial charge >= 0.3 is 12.1 Å². The second kappa shape index (κ2) is 10.9. The second-order valence-corrected chi connectivity index (χ2v) is 7.24. The third kappa shape index (κ3) is 7.27. The van der Waals surface area contributed by atoms with Crippen LogP contribution < -0.4 is 10.1 Å². The van der Waals surface area contributed by atoms with Gasteiger partial charge in [-0.25, -0.2) is 9.59 Å². The maximum atomic E-state index is 12.5. The lowest BCUT2D eigenvalue weighted by atomic mass is 9.82. The van der Waals surface area contributed by atoms with E-state index >= 15 is 0 Å². The van der Waals surface area contributed by atoms with Gasteiger partial charge in [-0.15, -0.1) is 0 Å². The fourth-order valence-electron chi connectivity index (χ4n) is 2.84. The number of aliphatic hydroxyl groups is 1. The number of aliphatic carboxylic acids is 1. The van der Waals surface area contributed by atoms with Gasteiger partial charge in [0.15, 0.2) is 0 Å². The van der Waals surface area contributed by atoms with E-state index in [0.717, 1.165) is 6.08 Å². The number of carboxylic acid groups (broad SMARTS) is 1. The number of hydrogen-bond acceptors (Lipinski definition) is 6. The van der Waals surface area contributed by atoms with Gasteiger partial charge in [0.05, 0.1) is 6.61 Å². The van der Waals surface area contributed by atoms with Crippen LogP contribution in [0.1, 0.15) is 35.9 Å². The molecule has 0 saturated carbocycles. The first-order valence-electron chi connectivity index (χ1n) is 9.55. The van der Waals surface area contributed by atoms with Crippen molar-refractivity contribution >= 4 is 18.0 Å². The van der Waals surface area contributed by atoms with Crippen molar-refractivity contribution in [2.75, 3.05) is 13.2 Å². The molecular formula is C23H25NO7. The minimum atomic E-state index is -1.14. The fraction of sp³-hybridized carbons (Fsp3) is 0.261. The summed E-state index contributed by atoms with van der Waals surface area (Å²) in [6.45, 7) is 3.32. The number of amides is 2. The summed E-state index contributed by atoms with van der Waals surface area (Å²) in [5.74, 6) is -1.32. The van der Waals surface area contributed by atoms with Gasteiger partial charge < -0.3 is 19.7 Å². The Morgan fingerprint density at radius 2 is 1.81 bits per heavy atom. The molecule has 0 unspecified atom stereocenters. The normalized spacial score (nSPS) is 12.2. The zero-order valence-electron chi connectivity index (χ0n) is 17.3. The van der Waals surface area contributed by atoms with Crippen molar-refractivity contribution < 1.29 is 34.1 Å². The maximum Gasteiger partial charge on any atom is 0.414 e. The predicted molar refractivity (Wildman–Crippen MR) is 113 cm³/mol. The molecule has 8 nitrogen and oxygen atoms in total. The number of imide groups is 1. The van der Waals surface area contributed by atoms with Crippen molar-refractivity contribution in [2.45, 2.75) is 20.0 Å².